The molecule has 0 aliphatic rings. The van der Waals surface area contributed by atoms with E-state index in [2.05, 4.69) is 0 Å². The second-order valence-corrected chi connectivity index (χ2v) is 3.75. The molecule has 0 aliphatic carbocycles. The summed E-state index contributed by atoms with van der Waals surface area (Å²) in [6.07, 6.45) is 1.39. The van der Waals surface area contributed by atoms with Gasteiger partial charge in [0.2, 0.25) is 0 Å². The summed E-state index contributed by atoms with van der Waals surface area (Å²) >= 11 is 5.88. The molecule has 0 spiro atoms. The summed E-state index contributed by atoms with van der Waals surface area (Å²) < 4.78 is 5.36. The van der Waals surface area contributed by atoms with E-state index < -0.39 is 7.12 Å². The summed E-state index contributed by atoms with van der Waals surface area (Å²) in [4.78, 5) is 0. The molecule has 0 bridgehead atoms. The van der Waals surface area contributed by atoms with Crippen molar-refractivity contribution >= 4 is 24.2 Å². The molecular weight excluding hydrogens is 230 g/mol. The molecule has 0 saturated heterocycles. The Morgan fingerprint density at radius 1 is 1.25 bits per heavy atom. The zero-order chi connectivity index (χ0) is 12.0. The fourth-order valence-electron chi connectivity index (χ4n) is 1.19. The van der Waals surface area contributed by atoms with Crippen LogP contribution < -0.4 is 10.2 Å². The fourth-order valence-corrected chi connectivity index (χ4v) is 1.36. The number of halogens is 1. The first-order valence-electron chi connectivity index (χ1n) is 5.04. The average Bonchev–Trinajstić information content (AvgIpc) is 2.26. The van der Waals surface area contributed by atoms with Crippen LogP contribution in [0.3, 0.4) is 0 Å². The van der Waals surface area contributed by atoms with Crippen LogP contribution in [0.5, 0.6) is 5.75 Å². The highest BCUT2D eigenvalue weighted by Gasteiger charge is 2.13. The molecule has 0 aliphatic heterocycles. The van der Waals surface area contributed by atoms with Crippen molar-refractivity contribution in [2.24, 2.45) is 0 Å². The molecule has 0 saturated carbocycles. The zero-order valence-electron chi connectivity index (χ0n) is 8.77. The molecular formula is C10H14BClO4. The predicted octanol–water partition coefficient (Wildman–Crippen LogP) is 0.171. The minimum Gasteiger partial charge on any atom is -0.492 e. The van der Waals surface area contributed by atoms with Crippen LogP contribution in [0.15, 0.2) is 18.2 Å². The quantitative estimate of drug-likeness (QED) is 0.493. The number of hydrogen-bond acceptors (Lipinski definition) is 4. The molecule has 0 unspecified atom stereocenters. The van der Waals surface area contributed by atoms with Gasteiger partial charge in [0, 0.05) is 6.61 Å². The van der Waals surface area contributed by atoms with Gasteiger partial charge in [-0.25, -0.2) is 0 Å². The zero-order valence-corrected chi connectivity index (χ0v) is 9.52. The molecule has 3 N–H and O–H groups in total. The third-order valence-electron chi connectivity index (χ3n) is 2.06. The summed E-state index contributed by atoms with van der Waals surface area (Å²) in [5, 5.41) is 27.0. The predicted molar refractivity (Wildman–Crippen MR) is 63.1 cm³/mol. The number of unbranched alkanes of at least 4 members (excludes halogenated alkanes) is 1. The largest absolute Gasteiger partial charge is 0.492 e. The molecule has 6 heteroatoms. The topological polar surface area (TPSA) is 69.9 Å². The van der Waals surface area contributed by atoms with Crippen molar-refractivity contribution in [3.63, 3.8) is 0 Å². The van der Waals surface area contributed by atoms with Crippen LogP contribution in [0.2, 0.25) is 5.02 Å². The van der Waals surface area contributed by atoms with Crippen molar-refractivity contribution in [2.45, 2.75) is 12.8 Å². The third-order valence-corrected chi connectivity index (χ3v) is 2.38. The molecule has 16 heavy (non-hydrogen) atoms. The molecule has 1 aromatic rings. The van der Waals surface area contributed by atoms with Gasteiger partial charge < -0.3 is 19.9 Å². The number of hydrogen-bond donors (Lipinski definition) is 3. The lowest BCUT2D eigenvalue weighted by Gasteiger charge is -2.09. The molecule has 0 aromatic heterocycles. The van der Waals surface area contributed by atoms with E-state index >= 15 is 0 Å². The van der Waals surface area contributed by atoms with Gasteiger partial charge in [-0.1, -0.05) is 17.7 Å². The lowest BCUT2D eigenvalue weighted by molar-refractivity contribution is 0.253. The lowest BCUT2D eigenvalue weighted by Crippen LogP contribution is -2.29. The molecule has 1 aromatic carbocycles. The molecule has 0 radical (unpaired) electrons. The smallest absolute Gasteiger partial charge is 0.488 e. The molecule has 0 heterocycles. The maximum atomic E-state index is 8.97. The highest BCUT2D eigenvalue weighted by molar-refractivity contribution is 6.58. The summed E-state index contributed by atoms with van der Waals surface area (Å²) in [5.41, 5.74) is 0.335. The van der Waals surface area contributed by atoms with Crippen LogP contribution in [0.25, 0.3) is 0 Å². The Morgan fingerprint density at radius 2 is 2.00 bits per heavy atom. The standard InChI is InChI=1S/C10H14BClO4/c12-9-4-3-8(11(14)15)7-10(9)16-6-2-1-5-13/h3-4,7,13-15H,1-2,5-6H2. The molecule has 1 rings (SSSR count). The van der Waals surface area contributed by atoms with Crippen LogP contribution in [0.1, 0.15) is 12.8 Å². The summed E-state index contributed by atoms with van der Waals surface area (Å²) in [5.74, 6) is 0.421. The Morgan fingerprint density at radius 3 is 2.62 bits per heavy atom. The van der Waals surface area contributed by atoms with E-state index in [-0.39, 0.29) is 6.61 Å². The lowest BCUT2D eigenvalue weighted by atomic mass is 9.80. The highest BCUT2D eigenvalue weighted by atomic mass is 35.5. The van der Waals surface area contributed by atoms with E-state index in [0.717, 1.165) is 6.42 Å². The Hall–Kier alpha value is -0.745. The number of ether oxygens (including phenoxy) is 1. The maximum Gasteiger partial charge on any atom is 0.488 e. The van der Waals surface area contributed by atoms with Gasteiger partial charge in [-0.15, -0.1) is 0 Å². The Bertz CT molecular complexity index is 333. The molecule has 0 atom stereocenters. The molecule has 0 fully saturated rings. The van der Waals surface area contributed by atoms with Gasteiger partial charge in [0.05, 0.1) is 11.6 Å². The molecule has 88 valence electrons. The minimum atomic E-state index is -1.53. The SMILES string of the molecule is OCCCCOc1cc(B(O)O)ccc1Cl. The van der Waals surface area contributed by atoms with E-state index in [0.29, 0.717) is 29.3 Å². The molecule has 4 nitrogen and oxygen atoms in total. The van der Waals surface area contributed by atoms with Gasteiger partial charge in [-0.2, -0.15) is 0 Å². The van der Waals surface area contributed by atoms with Crippen LogP contribution in [-0.2, 0) is 0 Å². The number of aliphatic hydroxyl groups is 1. The summed E-state index contributed by atoms with van der Waals surface area (Å²) in [6, 6.07) is 4.57. The number of rotatable bonds is 6. The van der Waals surface area contributed by atoms with Gasteiger partial charge in [-0.3, -0.25) is 0 Å². The third kappa shape index (κ3) is 4.02. The van der Waals surface area contributed by atoms with Crippen molar-refractivity contribution < 1.29 is 19.9 Å². The van der Waals surface area contributed by atoms with E-state index in [1.165, 1.54) is 12.1 Å². The van der Waals surface area contributed by atoms with Crippen LogP contribution in [0.4, 0.5) is 0 Å². The van der Waals surface area contributed by atoms with E-state index in [9.17, 15) is 0 Å². The average molecular weight is 244 g/mol. The summed E-state index contributed by atoms with van der Waals surface area (Å²) in [6.45, 7) is 0.567. The minimum absolute atomic E-state index is 0.131. The second-order valence-electron chi connectivity index (χ2n) is 3.34. The van der Waals surface area contributed by atoms with Crippen molar-refractivity contribution in [3.8, 4) is 5.75 Å². The Labute approximate surface area is 99.6 Å². The first-order chi connectivity index (χ1) is 7.65. The maximum absolute atomic E-state index is 8.97. The van der Waals surface area contributed by atoms with Crippen molar-refractivity contribution in [3.05, 3.63) is 23.2 Å². The Kier molecular flexibility index (Phi) is 5.62. The fraction of sp³-hybridized carbons (Fsp3) is 0.400. The van der Waals surface area contributed by atoms with Gasteiger partial charge in [-0.05, 0) is 30.4 Å². The van der Waals surface area contributed by atoms with Crippen molar-refractivity contribution in [2.75, 3.05) is 13.2 Å². The second kappa shape index (κ2) is 6.76. The van der Waals surface area contributed by atoms with Gasteiger partial charge in [0.1, 0.15) is 5.75 Å². The first kappa shape index (κ1) is 13.3. The van der Waals surface area contributed by atoms with Gasteiger partial charge in [0.15, 0.2) is 0 Å². The van der Waals surface area contributed by atoms with Crippen LogP contribution in [0, 0.1) is 0 Å². The normalized spacial score (nSPS) is 10.2. The van der Waals surface area contributed by atoms with Crippen LogP contribution in [-0.4, -0.2) is 35.5 Å². The monoisotopic (exact) mass is 244 g/mol. The van der Waals surface area contributed by atoms with Gasteiger partial charge >= 0.3 is 7.12 Å². The molecule has 0 amide bonds. The van der Waals surface area contributed by atoms with Gasteiger partial charge in [0.25, 0.3) is 0 Å². The Balaban J connectivity index is 2.60. The first-order valence-corrected chi connectivity index (χ1v) is 5.42. The highest BCUT2D eigenvalue weighted by Crippen LogP contribution is 2.22. The van der Waals surface area contributed by atoms with Crippen molar-refractivity contribution in [1.29, 1.82) is 0 Å². The van der Waals surface area contributed by atoms with E-state index in [4.69, 9.17) is 31.5 Å². The van der Waals surface area contributed by atoms with E-state index in [1.807, 2.05) is 0 Å². The summed E-state index contributed by atoms with van der Waals surface area (Å²) in [7, 11) is -1.53. The number of aliphatic hydroxyl groups excluding tert-OH is 1. The van der Waals surface area contributed by atoms with Crippen LogP contribution >= 0.6 is 11.6 Å². The van der Waals surface area contributed by atoms with Crippen molar-refractivity contribution in [1.82, 2.24) is 0 Å². The van der Waals surface area contributed by atoms with E-state index in [1.54, 1.807) is 6.07 Å². The number of benzene rings is 1.